The molecule has 244 valence electrons. The van der Waals surface area contributed by atoms with Gasteiger partial charge in [0.05, 0.1) is 0 Å². The largest absolute Gasteiger partial charge is 0.372 e. The van der Waals surface area contributed by atoms with Crippen molar-refractivity contribution in [2.45, 2.75) is 79.2 Å². The maximum atomic E-state index is 11.4. The van der Waals surface area contributed by atoms with Crippen LogP contribution in [0.1, 0.15) is 76.1 Å². The molecule has 4 rings (SSSR count). The molecule has 1 aliphatic heterocycles. The third kappa shape index (κ3) is 17.5. The predicted molar refractivity (Wildman–Crippen MR) is 199 cm³/mol. The van der Waals surface area contributed by atoms with Gasteiger partial charge >= 0.3 is 0 Å². The predicted octanol–water partition coefficient (Wildman–Crippen LogP) is 8.69. The number of nitrogens with two attached hydrogens (primary N) is 1. The third-order valence-electron chi connectivity index (χ3n) is 7.01. The van der Waals surface area contributed by atoms with Crippen LogP contribution in [-0.4, -0.2) is 43.9 Å². The van der Waals surface area contributed by atoms with Crippen LogP contribution >= 0.6 is 0 Å². The zero-order chi connectivity index (χ0) is 34.5. The van der Waals surface area contributed by atoms with Crippen molar-refractivity contribution in [3.63, 3.8) is 0 Å². The number of likely N-dealkylation sites (tertiary alicyclic amines) is 1. The highest BCUT2D eigenvalue weighted by Gasteiger charge is 2.25. The Balaban J connectivity index is -0.000000523. The van der Waals surface area contributed by atoms with E-state index in [1.807, 2.05) is 19.2 Å². The normalized spacial score (nSPS) is 15.0. The molecule has 0 spiro atoms. The summed E-state index contributed by atoms with van der Waals surface area (Å²) in [6.07, 6.45) is 16.8. The second kappa shape index (κ2) is 29.4. The van der Waals surface area contributed by atoms with Crippen molar-refractivity contribution in [2.75, 3.05) is 27.2 Å². The number of nitrogens with zero attached hydrogens (tertiary/aromatic N) is 1. The monoisotopic (exact) mass is 601 g/mol. The van der Waals surface area contributed by atoms with Crippen LogP contribution in [0.4, 0.5) is 0 Å². The molecule has 2 atom stereocenters. The molecule has 1 saturated heterocycles. The Morgan fingerprint density at radius 2 is 1.57 bits per heavy atom. The molecule has 1 aliphatic carbocycles. The highest BCUT2D eigenvalue weighted by atomic mass is 16.1. The Morgan fingerprint density at radius 3 is 2.02 bits per heavy atom. The number of nitrogens with one attached hydrogen (secondary N) is 1. The third-order valence-corrected chi connectivity index (χ3v) is 7.01. The summed E-state index contributed by atoms with van der Waals surface area (Å²) in [4.78, 5) is 13.9. The smallest absolute Gasteiger partial charge is 0.160 e. The molecule has 0 saturated carbocycles. The lowest BCUT2D eigenvalue weighted by Gasteiger charge is -2.25. The van der Waals surface area contributed by atoms with Crippen molar-refractivity contribution in [2.24, 2.45) is 11.7 Å². The summed E-state index contributed by atoms with van der Waals surface area (Å²) in [7, 11) is 3.48. The molecule has 0 radical (unpaired) electrons. The van der Waals surface area contributed by atoms with Crippen molar-refractivity contribution >= 4 is 11.4 Å². The highest BCUT2D eigenvalue weighted by Crippen LogP contribution is 2.29. The van der Waals surface area contributed by atoms with Gasteiger partial charge < -0.3 is 16.0 Å². The molecule has 44 heavy (non-hydrogen) atoms. The fourth-order valence-electron chi connectivity index (χ4n) is 5.01. The molecule has 0 aromatic heterocycles. The molecular formula is C40H63N3O. The van der Waals surface area contributed by atoms with Crippen LogP contribution in [0, 0.1) is 18.8 Å². The SMILES string of the molecule is C#C.C=C.C=C.C=C(CC)N1C[C@H](C)CC1C.CCCc1ccc2c(c1)C(C(C)=O)=CC2.CN.CNCCc1ccccc1. The second-order valence-electron chi connectivity index (χ2n) is 10.2. The minimum atomic E-state index is 0.183. The molecule has 1 unspecified atom stereocenters. The van der Waals surface area contributed by atoms with Crippen LogP contribution in [0.3, 0.4) is 0 Å². The van der Waals surface area contributed by atoms with Gasteiger partial charge in [-0.05, 0) is 94.8 Å². The van der Waals surface area contributed by atoms with E-state index in [9.17, 15) is 4.79 Å². The lowest BCUT2D eigenvalue weighted by atomic mass is 9.99. The van der Waals surface area contributed by atoms with Gasteiger partial charge in [-0.15, -0.1) is 39.2 Å². The highest BCUT2D eigenvalue weighted by molar-refractivity contribution is 6.21. The second-order valence-corrected chi connectivity index (χ2v) is 10.2. The maximum Gasteiger partial charge on any atom is 0.160 e. The number of hydrogen-bond donors (Lipinski definition) is 2. The minimum absolute atomic E-state index is 0.183. The van der Waals surface area contributed by atoms with Gasteiger partial charge in [0, 0.05) is 23.9 Å². The van der Waals surface area contributed by atoms with Crippen molar-refractivity contribution in [1.82, 2.24) is 10.2 Å². The number of aryl methyl sites for hydroxylation is 1. The summed E-state index contributed by atoms with van der Waals surface area (Å²) >= 11 is 0. The number of benzene rings is 2. The molecule has 4 nitrogen and oxygen atoms in total. The number of Topliss-reactive ketones (excluding diaryl/α,β-unsaturated/α-hetero) is 1. The summed E-state index contributed by atoms with van der Waals surface area (Å²) in [5, 5.41) is 3.12. The van der Waals surface area contributed by atoms with Crippen molar-refractivity contribution in [3.8, 4) is 12.8 Å². The molecule has 0 amide bonds. The van der Waals surface area contributed by atoms with E-state index in [2.05, 4.69) is 132 Å². The molecule has 2 aromatic carbocycles. The summed E-state index contributed by atoms with van der Waals surface area (Å²) < 4.78 is 0. The number of hydrogen-bond acceptors (Lipinski definition) is 4. The quantitative estimate of drug-likeness (QED) is 0.235. The Labute approximate surface area is 272 Å². The van der Waals surface area contributed by atoms with E-state index >= 15 is 0 Å². The number of likely N-dealkylation sites (N-methyl/N-ethyl adjacent to an activating group) is 1. The van der Waals surface area contributed by atoms with Crippen molar-refractivity contribution in [1.29, 1.82) is 0 Å². The van der Waals surface area contributed by atoms with Gasteiger partial charge in [-0.2, -0.15) is 0 Å². The van der Waals surface area contributed by atoms with E-state index in [1.165, 1.54) is 42.4 Å². The minimum Gasteiger partial charge on any atom is -0.372 e. The van der Waals surface area contributed by atoms with Crippen molar-refractivity contribution < 1.29 is 4.79 Å². The summed E-state index contributed by atoms with van der Waals surface area (Å²) in [6.45, 7) is 29.0. The molecule has 2 aliphatic rings. The van der Waals surface area contributed by atoms with Gasteiger partial charge in [0.15, 0.2) is 5.78 Å². The number of carbonyl (C=O) groups excluding carboxylic acids is 1. The van der Waals surface area contributed by atoms with Gasteiger partial charge in [-0.1, -0.05) is 88.4 Å². The van der Waals surface area contributed by atoms with E-state index in [0.717, 1.165) is 61.7 Å². The van der Waals surface area contributed by atoms with Gasteiger partial charge in [-0.3, -0.25) is 4.79 Å². The fraction of sp³-hybridized carbons (Fsp3) is 0.425. The van der Waals surface area contributed by atoms with Crippen LogP contribution in [0.5, 0.6) is 0 Å². The first-order valence-electron chi connectivity index (χ1n) is 15.7. The van der Waals surface area contributed by atoms with Gasteiger partial charge in [-0.25, -0.2) is 0 Å². The molecule has 1 fully saturated rings. The Bertz CT molecular complexity index is 1070. The summed E-state index contributed by atoms with van der Waals surface area (Å²) in [6, 6.07) is 17.7. The standard InChI is InChI=1S/C14H16O.C10H19N.C9H13N.2C2H4.C2H2.CH5N/c1-3-4-11-5-6-12-7-8-13(10(2)15)14(12)9-11;1-5-9(3)11-7-8(2)6-10(11)4;1-10-8-7-9-5-3-2-4-6-9;4*1-2/h5-6,8-9H,3-4,7H2,1-2H3;8,10H,3,5-7H2,1-2,4H3;2-6,10H,7-8H2,1H3;2*1-2H2;1-2H;2H2,1H3/t;8-,10?;;;;;/m.1...../s1. The number of carbonyl (C=O) groups is 1. The first kappa shape index (κ1) is 44.8. The zero-order valence-corrected chi connectivity index (χ0v) is 29.1. The van der Waals surface area contributed by atoms with E-state index in [1.54, 1.807) is 6.92 Å². The van der Waals surface area contributed by atoms with Crippen LogP contribution in [-0.2, 0) is 24.1 Å². The fourth-order valence-corrected chi connectivity index (χ4v) is 5.01. The molecule has 3 N–H and O–H groups in total. The Morgan fingerprint density at radius 1 is 0.977 bits per heavy atom. The van der Waals surface area contributed by atoms with Crippen LogP contribution in [0.2, 0.25) is 0 Å². The number of terminal acetylenes is 1. The number of rotatable bonds is 8. The van der Waals surface area contributed by atoms with Gasteiger partial charge in [0.1, 0.15) is 0 Å². The first-order valence-corrected chi connectivity index (χ1v) is 15.7. The van der Waals surface area contributed by atoms with E-state index in [4.69, 9.17) is 0 Å². The van der Waals surface area contributed by atoms with Crippen LogP contribution in [0.25, 0.3) is 5.57 Å². The van der Waals surface area contributed by atoms with E-state index in [-0.39, 0.29) is 5.78 Å². The van der Waals surface area contributed by atoms with Crippen LogP contribution < -0.4 is 11.1 Å². The van der Waals surface area contributed by atoms with Gasteiger partial charge in [0.25, 0.3) is 0 Å². The summed E-state index contributed by atoms with van der Waals surface area (Å²) in [5.74, 6) is 1.04. The average molecular weight is 602 g/mol. The molecule has 1 heterocycles. The zero-order valence-electron chi connectivity index (χ0n) is 29.1. The van der Waals surface area contributed by atoms with Gasteiger partial charge in [0.2, 0.25) is 0 Å². The van der Waals surface area contributed by atoms with E-state index < -0.39 is 0 Å². The Kier molecular flexibility index (Phi) is 29.9. The number of allylic oxidation sites excluding steroid dienone is 3. The lowest BCUT2D eigenvalue weighted by molar-refractivity contribution is -0.111. The lowest BCUT2D eigenvalue weighted by Crippen LogP contribution is -2.25. The molecule has 0 bridgehead atoms. The summed E-state index contributed by atoms with van der Waals surface area (Å²) in [5.41, 5.74) is 11.9. The maximum absolute atomic E-state index is 11.4. The molecule has 4 heteroatoms. The average Bonchev–Trinajstić information content (AvgIpc) is 3.66. The number of fused-ring (bicyclic) bond motifs is 1. The molecule has 2 aromatic rings. The van der Waals surface area contributed by atoms with Crippen LogP contribution in [0.15, 0.2) is 93.2 Å². The van der Waals surface area contributed by atoms with Crippen molar-refractivity contribution in [3.05, 3.63) is 115 Å². The molecular weight excluding hydrogens is 538 g/mol. The first-order chi connectivity index (χ1) is 21.3. The van der Waals surface area contributed by atoms with E-state index in [0.29, 0.717) is 0 Å². The Hall–Kier alpha value is -3.65. The topological polar surface area (TPSA) is 58.4 Å². The number of ketones is 1.